The molecule has 5 heteroatoms. The van der Waals surface area contributed by atoms with Gasteiger partial charge in [-0.2, -0.15) is 0 Å². The number of nitrogens with zero attached hydrogens (tertiary/aromatic N) is 2. The van der Waals surface area contributed by atoms with E-state index < -0.39 is 11.6 Å². The average Bonchev–Trinajstić information content (AvgIpc) is 3.15. The van der Waals surface area contributed by atoms with Crippen LogP contribution in [0.25, 0.3) is 0 Å². The Morgan fingerprint density at radius 1 is 1.26 bits per heavy atom. The van der Waals surface area contributed by atoms with Crippen molar-refractivity contribution in [3.05, 3.63) is 71.9 Å². The molecule has 146 valence electrons. The van der Waals surface area contributed by atoms with E-state index >= 15 is 0 Å². The van der Waals surface area contributed by atoms with E-state index in [9.17, 15) is 13.6 Å². The molecule has 1 aliphatic rings. The van der Waals surface area contributed by atoms with Crippen LogP contribution in [-0.2, 0) is 11.2 Å². The topological polar surface area (TPSA) is 23.6 Å². The first kappa shape index (κ1) is 21.0. The molecule has 1 aromatic carbocycles. The minimum atomic E-state index is -0.935. The molecule has 1 heterocycles. The summed E-state index contributed by atoms with van der Waals surface area (Å²) >= 11 is 0. The normalized spacial score (nSPS) is 16.3. The Hall–Kier alpha value is -2.27. The second kappa shape index (κ2) is 10.2. The molecular weight excluding hydrogens is 346 g/mol. The monoisotopic (exact) mass is 374 g/mol. The fourth-order valence-electron chi connectivity index (χ4n) is 3.22. The maximum atomic E-state index is 13.4. The molecule has 27 heavy (non-hydrogen) atoms. The van der Waals surface area contributed by atoms with Crippen molar-refractivity contribution >= 4 is 5.91 Å². The van der Waals surface area contributed by atoms with Crippen LogP contribution in [0.3, 0.4) is 0 Å². The number of likely N-dealkylation sites (tertiary alicyclic amines) is 1. The van der Waals surface area contributed by atoms with E-state index in [4.69, 9.17) is 0 Å². The fourth-order valence-corrected chi connectivity index (χ4v) is 3.22. The predicted molar refractivity (Wildman–Crippen MR) is 105 cm³/mol. The first-order chi connectivity index (χ1) is 12.9. The number of allylic oxidation sites excluding steroid dienone is 3. The van der Waals surface area contributed by atoms with E-state index in [1.54, 1.807) is 11.9 Å². The van der Waals surface area contributed by atoms with Crippen molar-refractivity contribution in [1.29, 1.82) is 0 Å². The summed E-state index contributed by atoms with van der Waals surface area (Å²) in [5.41, 5.74) is 1.31. The van der Waals surface area contributed by atoms with Gasteiger partial charge in [0.25, 0.3) is 0 Å². The molecule has 1 atom stereocenters. The molecule has 1 amide bonds. The summed E-state index contributed by atoms with van der Waals surface area (Å²) in [6, 6.07) is 3.42. The summed E-state index contributed by atoms with van der Waals surface area (Å²) in [7, 11) is 1.75. The van der Waals surface area contributed by atoms with E-state index in [1.165, 1.54) is 18.9 Å². The lowest BCUT2D eigenvalue weighted by molar-refractivity contribution is -0.130. The summed E-state index contributed by atoms with van der Waals surface area (Å²) in [6.45, 7) is 8.86. The van der Waals surface area contributed by atoms with Gasteiger partial charge in [-0.1, -0.05) is 36.9 Å². The number of amides is 1. The molecule has 0 saturated carbocycles. The minimum Gasteiger partial charge on any atom is -0.337 e. The summed E-state index contributed by atoms with van der Waals surface area (Å²) in [6.07, 6.45) is 10.0. The smallest absolute Gasteiger partial charge is 0.227 e. The Labute approximate surface area is 160 Å². The lowest BCUT2D eigenvalue weighted by Gasteiger charge is -2.32. The van der Waals surface area contributed by atoms with Crippen molar-refractivity contribution in [2.75, 3.05) is 26.7 Å². The summed E-state index contributed by atoms with van der Waals surface area (Å²) in [5.74, 6) is -1.99. The molecule has 0 aromatic heterocycles. The van der Waals surface area contributed by atoms with Crippen molar-refractivity contribution in [2.24, 2.45) is 0 Å². The number of carbonyl (C=O) groups excluding carboxylic acids is 1. The maximum absolute atomic E-state index is 13.4. The van der Waals surface area contributed by atoms with Crippen LogP contribution in [0, 0.1) is 11.6 Å². The van der Waals surface area contributed by atoms with Crippen LogP contribution in [0.2, 0.25) is 0 Å². The summed E-state index contributed by atoms with van der Waals surface area (Å²) < 4.78 is 26.5. The zero-order chi connectivity index (χ0) is 19.8. The van der Waals surface area contributed by atoms with Gasteiger partial charge in [-0.15, -0.1) is 0 Å². The molecule has 0 unspecified atom stereocenters. The Balaban J connectivity index is 2.12. The van der Waals surface area contributed by atoms with Crippen LogP contribution in [0.1, 0.15) is 25.3 Å². The van der Waals surface area contributed by atoms with Crippen LogP contribution in [0.4, 0.5) is 8.78 Å². The number of benzene rings is 1. The second-order valence-electron chi connectivity index (χ2n) is 6.91. The van der Waals surface area contributed by atoms with Crippen molar-refractivity contribution in [3.8, 4) is 0 Å². The van der Waals surface area contributed by atoms with Gasteiger partial charge in [0.05, 0.1) is 12.5 Å². The SMILES string of the molecule is C=C(/C=C\C=C/C)[C@@H](CN1CCCC1)N(C)C(=O)Cc1ccc(F)c(F)c1. The highest BCUT2D eigenvalue weighted by molar-refractivity contribution is 5.79. The number of hydrogen-bond acceptors (Lipinski definition) is 2. The molecule has 0 aliphatic carbocycles. The summed E-state index contributed by atoms with van der Waals surface area (Å²) in [4.78, 5) is 16.8. The summed E-state index contributed by atoms with van der Waals surface area (Å²) in [5, 5.41) is 0. The Kier molecular flexibility index (Phi) is 7.92. The Morgan fingerprint density at radius 3 is 2.59 bits per heavy atom. The largest absolute Gasteiger partial charge is 0.337 e. The predicted octanol–water partition coefficient (Wildman–Crippen LogP) is 4.12. The molecule has 1 aliphatic heterocycles. The lowest BCUT2D eigenvalue weighted by atomic mass is 10.0. The van der Waals surface area contributed by atoms with Gasteiger partial charge in [0.2, 0.25) is 5.91 Å². The van der Waals surface area contributed by atoms with E-state index in [1.807, 2.05) is 31.2 Å². The number of likely N-dealkylation sites (N-methyl/N-ethyl adjacent to an activating group) is 1. The van der Waals surface area contributed by atoms with Gasteiger partial charge in [-0.25, -0.2) is 8.78 Å². The van der Waals surface area contributed by atoms with Crippen LogP contribution in [0.5, 0.6) is 0 Å². The molecule has 3 nitrogen and oxygen atoms in total. The highest BCUT2D eigenvalue weighted by Gasteiger charge is 2.25. The second-order valence-corrected chi connectivity index (χ2v) is 6.91. The standard InChI is InChI=1S/C22H28F2N2O/c1-4-5-6-9-17(2)21(16-26-12-7-8-13-26)25(3)22(27)15-18-10-11-19(23)20(24)14-18/h4-6,9-11,14,21H,2,7-8,12-13,15-16H2,1,3H3/b5-4-,9-6-/t21-/m1/s1. The Bertz CT molecular complexity index is 721. The number of hydrogen-bond donors (Lipinski definition) is 0. The number of halogens is 2. The molecule has 0 N–H and O–H groups in total. The fraction of sp³-hybridized carbons (Fsp3) is 0.409. The van der Waals surface area contributed by atoms with E-state index in [0.717, 1.165) is 37.3 Å². The molecule has 1 saturated heterocycles. The molecule has 0 spiro atoms. The quantitative estimate of drug-likeness (QED) is 0.639. The molecule has 1 fully saturated rings. The van der Waals surface area contributed by atoms with Gasteiger partial charge in [-0.05, 0) is 56.1 Å². The number of carbonyl (C=O) groups is 1. The lowest BCUT2D eigenvalue weighted by Crippen LogP contribution is -2.45. The van der Waals surface area contributed by atoms with E-state index in [0.29, 0.717) is 5.56 Å². The molecule has 0 radical (unpaired) electrons. The molecule has 0 bridgehead atoms. The van der Waals surface area contributed by atoms with Crippen LogP contribution in [0.15, 0.2) is 54.7 Å². The van der Waals surface area contributed by atoms with Gasteiger partial charge in [0, 0.05) is 13.6 Å². The van der Waals surface area contributed by atoms with Crippen molar-refractivity contribution < 1.29 is 13.6 Å². The van der Waals surface area contributed by atoms with Gasteiger partial charge in [0.15, 0.2) is 11.6 Å². The average molecular weight is 374 g/mol. The zero-order valence-corrected chi connectivity index (χ0v) is 16.1. The minimum absolute atomic E-state index is 0.0239. The first-order valence-corrected chi connectivity index (χ1v) is 9.32. The van der Waals surface area contributed by atoms with Gasteiger partial charge in [0.1, 0.15) is 0 Å². The zero-order valence-electron chi connectivity index (χ0n) is 16.1. The highest BCUT2D eigenvalue weighted by Crippen LogP contribution is 2.17. The van der Waals surface area contributed by atoms with E-state index in [-0.39, 0.29) is 18.4 Å². The van der Waals surface area contributed by atoms with Crippen LogP contribution >= 0.6 is 0 Å². The van der Waals surface area contributed by atoms with Crippen LogP contribution < -0.4 is 0 Å². The molecule has 1 aromatic rings. The van der Waals surface area contributed by atoms with E-state index in [2.05, 4.69) is 11.5 Å². The number of rotatable bonds is 8. The highest BCUT2D eigenvalue weighted by atomic mass is 19.2. The van der Waals surface area contributed by atoms with Gasteiger partial charge < -0.3 is 9.80 Å². The maximum Gasteiger partial charge on any atom is 0.227 e. The third-order valence-electron chi connectivity index (χ3n) is 4.87. The molecular formula is C22H28F2N2O. The molecule has 2 rings (SSSR count). The van der Waals surface area contributed by atoms with Crippen LogP contribution in [-0.4, -0.2) is 48.4 Å². The third-order valence-corrected chi connectivity index (χ3v) is 4.87. The Morgan fingerprint density at radius 2 is 1.96 bits per heavy atom. The third kappa shape index (κ3) is 6.14. The van der Waals surface area contributed by atoms with Crippen molar-refractivity contribution in [2.45, 2.75) is 32.2 Å². The van der Waals surface area contributed by atoms with Gasteiger partial charge >= 0.3 is 0 Å². The van der Waals surface area contributed by atoms with Crippen molar-refractivity contribution in [1.82, 2.24) is 9.80 Å². The van der Waals surface area contributed by atoms with Crippen molar-refractivity contribution in [3.63, 3.8) is 0 Å². The van der Waals surface area contributed by atoms with Gasteiger partial charge in [-0.3, -0.25) is 4.79 Å². The first-order valence-electron chi connectivity index (χ1n) is 9.32.